The highest BCUT2D eigenvalue weighted by atomic mass is 32.1. The van der Waals surface area contributed by atoms with Gasteiger partial charge in [0.2, 0.25) is 0 Å². The van der Waals surface area contributed by atoms with Crippen LogP contribution in [0.15, 0.2) is 35.7 Å². The molecule has 0 saturated heterocycles. The third-order valence-corrected chi connectivity index (χ3v) is 4.30. The average Bonchev–Trinajstić information content (AvgIpc) is 2.97. The molecule has 1 heterocycles. The van der Waals surface area contributed by atoms with Crippen LogP contribution in [0.4, 0.5) is 5.69 Å². The third-order valence-electron chi connectivity index (χ3n) is 3.36. The number of likely N-dealkylation sites (N-methyl/N-ethyl adjacent to an activating group) is 1. The molecule has 0 aliphatic heterocycles. The molecule has 0 aliphatic carbocycles. The van der Waals surface area contributed by atoms with Gasteiger partial charge in [0.1, 0.15) is 0 Å². The van der Waals surface area contributed by atoms with E-state index in [-0.39, 0.29) is 5.91 Å². The quantitative estimate of drug-likeness (QED) is 0.914. The van der Waals surface area contributed by atoms with Crippen LogP contribution < -0.4 is 5.32 Å². The predicted octanol–water partition coefficient (Wildman–Crippen LogP) is 3.41. The molecular formula is C16H20N2OS. The summed E-state index contributed by atoms with van der Waals surface area (Å²) in [5.41, 5.74) is 2.89. The number of anilines is 1. The number of hydrogen-bond acceptors (Lipinski definition) is 3. The van der Waals surface area contributed by atoms with Crippen molar-refractivity contribution in [1.29, 1.82) is 0 Å². The van der Waals surface area contributed by atoms with E-state index in [0.717, 1.165) is 29.8 Å². The van der Waals surface area contributed by atoms with Gasteiger partial charge in [0, 0.05) is 36.8 Å². The van der Waals surface area contributed by atoms with Gasteiger partial charge in [-0.25, -0.2) is 0 Å². The van der Waals surface area contributed by atoms with E-state index in [1.54, 1.807) is 16.2 Å². The van der Waals surface area contributed by atoms with Crippen molar-refractivity contribution in [3.8, 4) is 0 Å². The summed E-state index contributed by atoms with van der Waals surface area (Å²) >= 11 is 1.73. The lowest BCUT2D eigenvalue weighted by Crippen LogP contribution is -2.28. The molecule has 0 fully saturated rings. The first-order valence-corrected chi connectivity index (χ1v) is 7.56. The number of carbonyl (C=O) groups excluding carboxylic acids is 1. The molecule has 1 amide bonds. The number of amides is 1. The van der Waals surface area contributed by atoms with Crippen LogP contribution >= 0.6 is 11.3 Å². The molecule has 20 heavy (non-hydrogen) atoms. The van der Waals surface area contributed by atoms with Crippen LogP contribution in [0.25, 0.3) is 0 Å². The normalized spacial score (nSPS) is 10.3. The van der Waals surface area contributed by atoms with Crippen LogP contribution in [-0.2, 0) is 6.42 Å². The van der Waals surface area contributed by atoms with E-state index < -0.39 is 0 Å². The summed E-state index contributed by atoms with van der Waals surface area (Å²) in [6.07, 6.45) is 0.910. The second kappa shape index (κ2) is 6.57. The first kappa shape index (κ1) is 14.6. The molecular weight excluding hydrogens is 268 g/mol. The number of thiophene rings is 1. The number of benzene rings is 1. The van der Waals surface area contributed by atoms with Crippen molar-refractivity contribution in [3.63, 3.8) is 0 Å². The molecule has 1 N–H and O–H groups in total. The minimum Gasteiger partial charge on any atom is -0.388 e. The van der Waals surface area contributed by atoms with Gasteiger partial charge in [0.25, 0.3) is 5.91 Å². The zero-order valence-electron chi connectivity index (χ0n) is 12.1. The van der Waals surface area contributed by atoms with Crippen molar-refractivity contribution in [1.82, 2.24) is 4.90 Å². The Hall–Kier alpha value is -1.81. The first-order valence-electron chi connectivity index (χ1n) is 6.68. The van der Waals surface area contributed by atoms with E-state index in [1.807, 2.05) is 45.3 Å². The van der Waals surface area contributed by atoms with Gasteiger partial charge >= 0.3 is 0 Å². The van der Waals surface area contributed by atoms with Crippen molar-refractivity contribution in [3.05, 3.63) is 51.7 Å². The molecule has 1 aromatic carbocycles. The standard InChI is InChI=1S/C16H20N2OS/c1-12-11-13(6-7-15(12)17-2)16(19)18(3)9-8-14-5-4-10-20-14/h4-7,10-11,17H,8-9H2,1-3H3. The maximum absolute atomic E-state index is 12.4. The number of aryl methyl sites for hydroxylation is 1. The smallest absolute Gasteiger partial charge is 0.253 e. The minimum absolute atomic E-state index is 0.0762. The zero-order chi connectivity index (χ0) is 14.5. The van der Waals surface area contributed by atoms with Crippen molar-refractivity contribution in [2.75, 3.05) is 26.0 Å². The molecule has 4 heteroatoms. The number of nitrogens with zero attached hydrogens (tertiary/aromatic N) is 1. The van der Waals surface area contributed by atoms with Crippen LogP contribution in [0.3, 0.4) is 0 Å². The summed E-state index contributed by atoms with van der Waals surface area (Å²) in [5.74, 6) is 0.0762. The largest absolute Gasteiger partial charge is 0.388 e. The second-order valence-corrected chi connectivity index (χ2v) is 5.87. The summed E-state index contributed by atoms with van der Waals surface area (Å²) < 4.78 is 0. The van der Waals surface area contributed by atoms with Gasteiger partial charge in [-0.05, 0) is 48.6 Å². The summed E-state index contributed by atoms with van der Waals surface area (Å²) in [4.78, 5) is 15.5. The molecule has 0 saturated carbocycles. The fraction of sp³-hybridized carbons (Fsp3) is 0.312. The van der Waals surface area contributed by atoms with Gasteiger partial charge in [-0.15, -0.1) is 11.3 Å². The third kappa shape index (κ3) is 3.39. The lowest BCUT2D eigenvalue weighted by Gasteiger charge is -2.17. The van der Waals surface area contributed by atoms with Gasteiger partial charge in [-0.1, -0.05) is 6.07 Å². The Morgan fingerprint density at radius 1 is 1.35 bits per heavy atom. The second-order valence-electron chi connectivity index (χ2n) is 4.84. The van der Waals surface area contributed by atoms with Gasteiger partial charge in [0.15, 0.2) is 0 Å². The zero-order valence-corrected chi connectivity index (χ0v) is 13.0. The molecule has 0 aliphatic rings. The first-order chi connectivity index (χ1) is 9.61. The predicted molar refractivity (Wildman–Crippen MR) is 85.7 cm³/mol. The van der Waals surface area contributed by atoms with E-state index in [9.17, 15) is 4.79 Å². The number of rotatable bonds is 5. The Morgan fingerprint density at radius 2 is 2.15 bits per heavy atom. The van der Waals surface area contributed by atoms with Gasteiger partial charge in [0.05, 0.1) is 0 Å². The average molecular weight is 288 g/mol. The SMILES string of the molecule is CNc1ccc(C(=O)N(C)CCc2cccs2)cc1C. The van der Waals surface area contributed by atoms with Crippen LogP contribution in [0.2, 0.25) is 0 Å². The number of carbonyl (C=O) groups is 1. The highest BCUT2D eigenvalue weighted by Crippen LogP contribution is 2.17. The van der Waals surface area contributed by atoms with Gasteiger partial charge < -0.3 is 10.2 Å². The van der Waals surface area contributed by atoms with Crippen LogP contribution in [0, 0.1) is 6.92 Å². The monoisotopic (exact) mass is 288 g/mol. The van der Waals surface area contributed by atoms with Crippen molar-refractivity contribution >= 4 is 22.9 Å². The molecule has 106 valence electrons. The summed E-state index contributed by atoms with van der Waals surface area (Å²) in [7, 11) is 3.74. The molecule has 0 unspecified atom stereocenters. The molecule has 0 radical (unpaired) electrons. The Morgan fingerprint density at radius 3 is 2.75 bits per heavy atom. The highest BCUT2D eigenvalue weighted by Gasteiger charge is 2.12. The molecule has 3 nitrogen and oxygen atoms in total. The van der Waals surface area contributed by atoms with E-state index in [2.05, 4.69) is 16.8 Å². The van der Waals surface area contributed by atoms with Crippen molar-refractivity contribution in [2.24, 2.45) is 0 Å². The van der Waals surface area contributed by atoms with Crippen LogP contribution in [0.5, 0.6) is 0 Å². The van der Waals surface area contributed by atoms with Gasteiger partial charge in [-0.2, -0.15) is 0 Å². The fourth-order valence-corrected chi connectivity index (χ4v) is 2.83. The Labute approximate surface area is 124 Å². The maximum Gasteiger partial charge on any atom is 0.253 e. The number of hydrogen-bond donors (Lipinski definition) is 1. The van der Waals surface area contributed by atoms with Crippen molar-refractivity contribution in [2.45, 2.75) is 13.3 Å². The van der Waals surface area contributed by atoms with Gasteiger partial charge in [-0.3, -0.25) is 4.79 Å². The van der Waals surface area contributed by atoms with Crippen LogP contribution in [0.1, 0.15) is 20.8 Å². The van der Waals surface area contributed by atoms with E-state index >= 15 is 0 Å². The topological polar surface area (TPSA) is 32.3 Å². The molecule has 0 spiro atoms. The highest BCUT2D eigenvalue weighted by molar-refractivity contribution is 7.09. The molecule has 2 aromatic rings. The van der Waals surface area contributed by atoms with Crippen LogP contribution in [-0.4, -0.2) is 31.4 Å². The summed E-state index contributed by atoms with van der Waals surface area (Å²) in [6.45, 7) is 2.75. The lowest BCUT2D eigenvalue weighted by molar-refractivity contribution is 0.0797. The van der Waals surface area contributed by atoms with Crippen molar-refractivity contribution < 1.29 is 4.79 Å². The summed E-state index contributed by atoms with van der Waals surface area (Å²) in [5, 5.41) is 5.18. The Bertz CT molecular complexity index is 578. The molecule has 1 aromatic heterocycles. The Kier molecular flexibility index (Phi) is 4.79. The van der Waals surface area contributed by atoms with E-state index in [0.29, 0.717) is 0 Å². The van der Waals surface area contributed by atoms with E-state index in [4.69, 9.17) is 0 Å². The lowest BCUT2D eigenvalue weighted by atomic mass is 10.1. The molecule has 0 bridgehead atoms. The maximum atomic E-state index is 12.4. The Balaban J connectivity index is 2.01. The molecule has 2 rings (SSSR count). The fourth-order valence-electron chi connectivity index (χ4n) is 2.13. The number of nitrogens with one attached hydrogen (secondary N) is 1. The molecule has 0 atom stereocenters. The minimum atomic E-state index is 0.0762. The summed E-state index contributed by atoms with van der Waals surface area (Å²) in [6, 6.07) is 9.92. The van der Waals surface area contributed by atoms with E-state index in [1.165, 1.54) is 4.88 Å².